The standard InChI is InChI=1S/C36H36N4O8/c1-44-31-15-23(16-32(45-2)34(31)46-3)36(43)38-26-14-22(35(42)37-25-8-10-29-30(17-25)48-12-11-47-29)7-9-28(26)39-18-21-13-24(20-39)27-5-4-6-33(41)40(27)19-21/h4-10,14-17,21,24H,11-13,18-20H2,1-3H3,(H,37,42)(H,38,43). The van der Waals surface area contributed by atoms with Crippen molar-refractivity contribution >= 4 is 28.9 Å². The molecule has 12 heteroatoms. The zero-order valence-corrected chi connectivity index (χ0v) is 26.9. The number of piperidine rings is 1. The molecule has 1 saturated heterocycles. The van der Waals surface area contributed by atoms with E-state index in [9.17, 15) is 14.4 Å². The molecule has 7 rings (SSSR count). The molecule has 1 aromatic heterocycles. The number of pyridine rings is 1. The summed E-state index contributed by atoms with van der Waals surface area (Å²) in [6, 6.07) is 19.1. The lowest BCUT2D eigenvalue weighted by Crippen LogP contribution is -2.47. The first-order valence-corrected chi connectivity index (χ1v) is 15.8. The van der Waals surface area contributed by atoms with Gasteiger partial charge in [-0.15, -0.1) is 0 Å². The van der Waals surface area contributed by atoms with Crippen LogP contribution in [0.15, 0.2) is 71.5 Å². The summed E-state index contributed by atoms with van der Waals surface area (Å²) in [5.41, 5.74) is 3.45. The van der Waals surface area contributed by atoms with Crippen LogP contribution in [0.2, 0.25) is 0 Å². The smallest absolute Gasteiger partial charge is 0.255 e. The fraction of sp³-hybridized carbons (Fsp3) is 0.306. The minimum atomic E-state index is -0.422. The molecular formula is C36H36N4O8. The molecule has 48 heavy (non-hydrogen) atoms. The van der Waals surface area contributed by atoms with Crippen molar-refractivity contribution in [3.63, 3.8) is 0 Å². The minimum Gasteiger partial charge on any atom is -0.493 e. The number of aromatic nitrogens is 1. The predicted molar refractivity (Wildman–Crippen MR) is 180 cm³/mol. The average molecular weight is 653 g/mol. The van der Waals surface area contributed by atoms with Gasteiger partial charge in [-0.1, -0.05) is 6.07 Å². The molecule has 2 bridgehead atoms. The number of amides is 2. The molecule has 2 unspecified atom stereocenters. The summed E-state index contributed by atoms with van der Waals surface area (Å²) < 4.78 is 29.5. The van der Waals surface area contributed by atoms with Gasteiger partial charge in [-0.3, -0.25) is 14.4 Å². The second kappa shape index (κ2) is 12.9. The van der Waals surface area contributed by atoms with Crippen LogP contribution >= 0.6 is 0 Å². The number of methoxy groups -OCH3 is 3. The molecule has 0 saturated carbocycles. The van der Waals surface area contributed by atoms with Crippen molar-refractivity contribution in [2.75, 3.05) is 63.2 Å². The molecule has 0 radical (unpaired) electrons. The predicted octanol–water partition coefficient (Wildman–Crippen LogP) is 4.77. The third kappa shape index (κ3) is 5.85. The van der Waals surface area contributed by atoms with E-state index in [1.807, 2.05) is 22.8 Å². The zero-order valence-electron chi connectivity index (χ0n) is 26.9. The number of nitrogens with one attached hydrogen (secondary N) is 2. The Labute approximate surface area is 277 Å². The molecular weight excluding hydrogens is 616 g/mol. The van der Waals surface area contributed by atoms with Gasteiger partial charge in [0.05, 0.1) is 32.7 Å². The average Bonchev–Trinajstić information content (AvgIpc) is 3.11. The number of benzene rings is 3. The highest BCUT2D eigenvalue weighted by molar-refractivity contribution is 6.09. The molecule has 248 valence electrons. The molecule has 3 aliphatic rings. The van der Waals surface area contributed by atoms with Crippen LogP contribution in [0.3, 0.4) is 0 Å². The largest absolute Gasteiger partial charge is 0.493 e. The van der Waals surface area contributed by atoms with Crippen LogP contribution in [0, 0.1) is 5.92 Å². The molecule has 2 N–H and O–H groups in total. The van der Waals surface area contributed by atoms with Crippen molar-refractivity contribution in [2.24, 2.45) is 5.92 Å². The summed E-state index contributed by atoms with van der Waals surface area (Å²) >= 11 is 0. The molecule has 0 spiro atoms. The lowest BCUT2D eigenvalue weighted by Gasteiger charge is -2.44. The van der Waals surface area contributed by atoms with Crippen molar-refractivity contribution in [3.05, 3.63) is 93.9 Å². The molecule has 2 atom stereocenters. The lowest BCUT2D eigenvalue weighted by atomic mass is 9.83. The van der Waals surface area contributed by atoms with E-state index >= 15 is 0 Å². The van der Waals surface area contributed by atoms with Gasteiger partial charge in [-0.2, -0.15) is 0 Å². The molecule has 3 aliphatic heterocycles. The van der Waals surface area contributed by atoms with Crippen LogP contribution < -0.4 is 44.8 Å². The Morgan fingerprint density at radius 2 is 1.52 bits per heavy atom. The third-order valence-electron chi connectivity index (χ3n) is 9.05. The summed E-state index contributed by atoms with van der Waals surface area (Å²) in [7, 11) is 4.47. The van der Waals surface area contributed by atoms with Crippen LogP contribution in [0.1, 0.15) is 38.7 Å². The number of rotatable bonds is 8. The van der Waals surface area contributed by atoms with E-state index in [-0.39, 0.29) is 28.9 Å². The normalized spacial score (nSPS) is 17.5. The quantitative estimate of drug-likeness (QED) is 0.277. The Balaban J connectivity index is 1.22. The number of carbonyl (C=O) groups is 2. The zero-order chi connectivity index (χ0) is 33.4. The first-order valence-electron chi connectivity index (χ1n) is 15.8. The van der Waals surface area contributed by atoms with E-state index in [1.165, 1.54) is 21.3 Å². The Morgan fingerprint density at radius 3 is 2.27 bits per heavy atom. The number of nitrogens with zero attached hydrogens (tertiary/aromatic N) is 2. The maximum atomic E-state index is 13.8. The van der Waals surface area contributed by atoms with Crippen LogP contribution in [0.4, 0.5) is 17.1 Å². The monoisotopic (exact) mass is 652 g/mol. The second-order valence-electron chi connectivity index (χ2n) is 12.0. The van der Waals surface area contributed by atoms with Gasteiger partial charge in [0.1, 0.15) is 13.2 Å². The van der Waals surface area contributed by atoms with Gasteiger partial charge >= 0.3 is 0 Å². The number of fused-ring (bicyclic) bond motifs is 5. The van der Waals surface area contributed by atoms with Gasteiger partial charge < -0.3 is 43.8 Å². The van der Waals surface area contributed by atoms with Crippen LogP contribution in [0.5, 0.6) is 28.7 Å². The number of hydrogen-bond donors (Lipinski definition) is 2. The van der Waals surface area contributed by atoms with Crippen molar-refractivity contribution in [2.45, 2.75) is 18.9 Å². The van der Waals surface area contributed by atoms with Gasteiger partial charge in [0.15, 0.2) is 23.0 Å². The highest BCUT2D eigenvalue weighted by atomic mass is 16.6. The van der Waals surface area contributed by atoms with Crippen LogP contribution in [-0.4, -0.2) is 64.0 Å². The summed E-state index contributed by atoms with van der Waals surface area (Å²) in [6.45, 7) is 2.87. The molecule has 4 aromatic rings. The van der Waals surface area contributed by atoms with Gasteiger partial charge in [0, 0.05) is 60.2 Å². The molecule has 3 aromatic carbocycles. The third-order valence-corrected chi connectivity index (χ3v) is 9.05. The van der Waals surface area contributed by atoms with Crippen molar-refractivity contribution in [1.82, 2.24) is 4.57 Å². The van der Waals surface area contributed by atoms with E-state index in [1.54, 1.807) is 48.5 Å². The topological polar surface area (TPSA) is 130 Å². The Bertz CT molecular complexity index is 1930. The number of ether oxygens (including phenoxy) is 5. The van der Waals surface area contributed by atoms with Crippen LogP contribution in [-0.2, 0) is 6.54 Å². The highest BCUT2D eigenvalue weighted by Gasteiger charge is 2.35. The van der Waals surface area contributed by atoms with E-state index in [2.05, 4.69) is 15.5 Å². The van der Waals surface area contributed by atoms with E-state index in [0.717, 1.165) is 17.8 Å². The summed E-state index contributed by atoms with van der Waals surface area (Å²) in [5.74, 6) is 1.84. The fourth-order valence-electron chi connectivity index (χ4n) is 6.88. The summed E-state index contributed by atoms with van der Waals surface area (Å²) in [6.07, 6.45) is 0.975. The SMILES string of the molecule is COc1cc(C(=O)Nc2cc(C(=O)Nc3ccc4c(c3)OCCO4)ccc2N2CC3CC(C2)c2cccc(=O)n2C3)cc(OC)c1OC. The van der Waals surface area contributed by atoms with Gasteiger partial charge in [-0.05, 0) is 60.9 Å². The number of anilines is 3. The van der Waals surface area contributed by atoms with E-state index in [4.69, 9.17) is 23.7 Å². The highest BCUT2D eigenvalue weighted by Crippen LogP contribution is 2.41. The Morgan fingerprint density at radius 1 is 0.771 bits per heavy atom. The van der Waals surface area contributed by atoms with Gasteiger partial charge in [0.25, 0.3) is 17.4 Å². The summed E-state index contributed by atoms with van der Waals surface area (Å²) in [4.78, 5) is 42.2. The van der Waals surface area contributed by atoms with Crippen molar-refractivity contribution < 1.29 is 33.3 Å². The number of carbonyl (C=O) groups excluding carboxylic acids is 2. The second-order valence-corrected chi connectivity index (χ2v) is 12.0. The van der Waals surface area contributed by atoms with Crippen molar-refractivity contribution in [1.29, 1.82) is 0 Å². The maximum absolute atomic E-state index is 13.8. The fourth-order valence-corrected chi connectivity index (χ4v) is 6.88. The van der Waals surface area contributed by atoms with Crippen molar-refractivity contribution in [3.8, 4) is 28.7 Å². The van der Waals surface area contributed by atoms with Gasteiger partial charge in [-0.25, -0.2) is 0 Å². The van der Waals surface area contributed by atoms with E-state index < -0.39 is 5.91 Å². The molecule has 4 heterocycles. The maximum Gasteiger partial charge on any atom is 0.255 e. The molecule has 2 amide bonds. The van der Waals surface area contributed by atoms with Crippen LogP contribution in [0.25, 0.3) is 0 Å². The Kier molecular flexibility index (Phi) is 8.30. The first-order chi connectivity index (χ1) is 23.3. The van der Waals surface area contributed by atoms with Gasteiger partial charge in [0.2, 0.25) is 5.75 Å². The van der Waals surface area contributed by atoms with E-state index in [0.29, 0.717) is 78.5 Å². The molecule has 1 fully saturated rings. The molecule has 0 aliphatic carbocycles. The summed E-state index contributed by atoms with van der Waals surface area (Å²) in [5, 5.41) is 5.98. The lowest BCUT2D eigenvalue weighted by molar-refractivity contribution is 0.101. The number of hydrogen-bond acceptors (Lipinski definition) is 9. The first kappa shape index (κ1) is 31.0. The Hall–Kier alpha value is -5.65. The molecule has 12 nitrogen and oxygen atoms in total. The minimum absolute atomic E-state index is 0.0160.